The molecular weight excluding hydrogens is 414 g/mol. The molecule has 4 amide bonds. The van der Waals surface area contributed by atoms with Crippen LogP contribution in [0.1, 0.15) is 54.4 Å². The predicted molar refractivity (Wildman–Crippen MR) is 103 cm³/mol. The zero-order chi connectivity index (χ0) is 19.4. The summed E-state index contributed by atoms with van der Waals surface area (Å²) in [5.74, 6) is -1.07. The molecule has 0 aromatic heterocycles. The van der Waals surface area contributed by atoms with Crippen LogP contribution in [0.4, 0.5) is 5.69 Å². The monoisotopic (exact) mass is 435 g/mol. The summed E-state index contributed by atoms with van der Waals surface area (Å²) < 4.78 is 0. The molecular formula is C19H22BrN3O4. The number of nitrogens with one attached hydrogen (secondary N) is 2. The van der Waals surface area contributed by atoms with Gasteiger partial charge < -0.3 is 10.2 Å². The molecule has 1 fully saturated rings. The van der Waals surface area contributed by atoms with Crippen LogP contribution in [0.2, 0.25) is 0 Å². The zero-order valence-corrected chi connectivity index (χ0v) is 16.5. The Kier molecular flexibility index (Phi) is 6.26. The SMILES string of the molecule is O=C1CCC(N2Cc3c(NC(=O)CCCCCBr)cccc3C2=O)C(=O)N1. The molecule has 144 valence electrons. The van der Waals surface area contributed by atoms with Gasteiger partial charge >= 0.3 is 0 Å². The van der Waals surface area contributed by atoms with E-state index in [0.29, 0.717) is 24.1 Å². The van der Waals surface area contributed by atoms with Gasteiger partial charge in [-0.3, -0.25) is 24.5 Å². The van der Waals surface area contributed by atoms with E-state index in [1.807, 2.05) is 0 Å². The Bertz CT molecular complexity index is 780. The Hall–Kier alpha value is -2.22. The average molecular weight is 436 g/mol. The van der Waals surface area contributed by atoms with Crippen molar-refractivity contribution in [3.63, 3.8) is 0 Å². The van der Waals surface area contributed by atoms with Crippen LogP contribution in [0, 0.1) is 0 Å². The van der Waals surface area contributed by atoms with E-state index in [1.165, 1.54) is 4.90 Å². The zero-order valence-electron chi connectivity index (χ0n) is 14.9. The van der Waals surface area contributed by atoms with Crippen LogP contribution in [-0.2, 0) is 20.9 Å². The van der Waals surface area contributed by atoms with Gasteiger partial charge in [0, 0.05) is 41.5 Å². The van der Waals surface area contributed by atoms with Crippen LogP contribution < -0.4 is 10.6 Å². The predicted octanol–water partition coefficient (Wildman–Crippen LogP) is 2.34. The van der Waals surface area contributed by atoms with Crippen molar-refractivity contribution in [2.45, 2.75) is 51.1 Å². The smallest absolute Gasteiger partial charge is 0.255 e. The first kappa shape index (κ1) is 19.5. The Morgan fingerprint density at radius 1 is 1.22 bits per heavy atom. The maximum absolute atomic E-state index is 12.7. The fourth-order valence-electron chi connectivity index (χ4n) is 3.47. The first-order chi connectivity index (χ1) is 13.0. The van der Waals surface area contributed by atoms with Crippen molar-refractivity contribution in [1.29, 1.82) is 0 Å². The molecule has 8 heteroatoms. The van der Waals surface area contributed by atoms with Crippen LogP contribution >= 0.6 is 15.9 Å². The highest BCUT2D eigenvalue weighted by molar-refractivity contribution is 9.09. The maximum Gasteiger partial charge on any atom is 0.255 e. The number of rotatable bonds is 7. The quantitative estimate of drug-likeness (QED) is 0.390. The number of anilines is 1. The third-order valence-electron chi connectivity index (χ3n) is 4.89. The molecule has 1 saturated heterocycles. The number of halogens is 1. The highest BCUT2D eigenvalue weighted by Crippen LogP contribution is 2.32. The number of hydrogen-bond donors (Lipinski definition) is 2. The molecule has 0 saturated carbocycles. The van der Waals surface area contributed by atoms with E-state index >= 15 is 0 Å². The summed E-state index contributed by atoms with van der Waals surface area (Å²) in [6.45, 7) is 0.250. The Balaban J connectivity index is 1.69. The number of carbonyl (C=O) groups excluding carboxylic acids is 4. The van der Waals surface area contributed by atoms with Gasteiger partial charge in [0.1, 0.15) is 6.04 Å². The number of benzene rings is 1. The molecule has 3 rings (SSSR count). The summed E-state index contributed by atoms with van der Waals surface area (Å²) in [5.41, 5.74) is 1.83. The lowest BCUT2D eigenvalue weighted by atomic mass is 10.0. The highest BCUT2D eigenvalue weighted by atomic mass is 79.9. The van der Waals surface area contributed by atoms with Crippen LogP contribution in [0.5, 0.6) is 0 Å². The maximum atomic E-state index is 12.7. The van der Waals surface area contributed by atoms with E-state index in [2.05, 4.69) is 26.6 Å². The molecule has 7 nitrogen and oxygen atoms in total. The van der Waals surface area contributed by atoms with Gasteiger partial charge in [-0.1, -0.05) is 28.4 Å². The molecule has 1 aromatic rings. The fraction of sp³-hybridized carbons (Fsp3) is 0.474. The van der Waals surface area contributed by atoms with Gasteiger partial charge in [-0.2, -0.15) is 0 Å². The topological polar surface area (TPSA) is 95.6 Å². The van der Waals surface area contributed by atoms with E-state index in [0.717, 1.165) is 30.2 Å². The Labute approximate surface area is 166 Å². The van der Waals surface area contributed by atoms with E-state index in [1.54, 1.807) is 18.2 Å². The summed E-state index contributed by atoms with van der Waals surface area (Å²) in [5, 5.41) is 6.12. The molecule has 0 spiro atoms. The largest absolute Gasteiger partial charge is 0.326 e. The van der Waals surface area contributed by atoms with Crippen molar-refractivity contribution in [2.24, 2.45) is 0 Å². The van der Waals surface area contributed by atoms with Crippen molar-refractivity contribution >= 4 is 45.2 Å². The lowest BCUT2D eigenvalue weighted by molar-refractivity contribution is -0.137. The Morgan fingerprint density at radius 2 is 2.04 bits per heavy atom. The Morgan fingerprint density at radius 3 is 2.78 bits per heavy atom. The normalized spacial score (nSPS) is 19.1. The molecule has 2 aliphatic heterocycles. The van der Waals surface area contributed by atoms with Gasteiger partial charge in [-0.05, 0) is 31.4 Å². The number of hydrogen-bond acceptors (Lipinski definition) is 4. The lowest BCUT2D eigenvalue weighted by Gasteiger charge is -2.29. The minimum Gasteiger partial charge on any atom is -0.326 e. The first-order valence-corrected chi connectivity index (χ1v) is 10.3. The lowest BCUT2D eigenvalue weighted by Crippen LogP contribution is -2.52. The van der Waals surface area contributed by atoms with E-state index in [4.69, 9.17) is 0 Å². The number of amides is 4. The second kappa shape index (κ2) is 8.65. The van der Waals surface area contributed by atoms with Gasteiger partial charge in [0.25, 0.3) is 5.91 Å². The molecule has 27 heavy (non-hydrogen) atoms. The standard InChI is InChI=1S/C19H22BrN3O4/c20-10-3-1-2-7-16(24)21-14-6-4-5-12-13(14)11-23(19(12)27)15-8-9-17(25)22-18(15)26/h4-6,15H,1-3,7-11H2,(H,21,24)(H,22,25,26). The van der Waals surface area contributed by atoms with Gasteiger partial charge in [-0.25, -0.2) is 0 Å². The van der Waals surface area contributed by atoms with Crippen LogP contribution in [-0.4, -0.2) is 39.9 Å². The van der Waals surface area contributed by atoms with Gasteiger partial charge in [0.05, 0.1) is 0 Å². The molecule has 1 unspecified atom stereocenters. The number of piperidine rings is 1. The molecule has 2 heterocycles. The highest BCUT2D eigenvalue weighted by Gasteiger charge is 2.39. The molecule has 1 aromatic carbocycles. The second-order valence-corrected chi connectivity index (χ2v) is 7.57. The summed E-state index contributed by atoms with van der Waals surface area (Å²) in [4.78, 5) is 49.9. The number of imide groups is 1. The minimum atomic E-state index is -0.657. The van der Waals surface area contributed by atoms with Crippen LogP contribution in [0.25, 0.3) is 0 Å². The third-order valence-corrected chi connectivity index (χ3v) is 5.45. The number of unbranched alkanes of at least 4 members (excludes halogenated alkanes) is 2. The number of carbonyl (C=O) groups is 4. The second-order valence-electron chi connectivity index (χ2n) is 6.78. The molecule has 0 bridgehead atoms. The van der Waals surface area contributed by atoms with Crippen molar-refractivity contribution in [1.82, 2.24) is 10.2 Å². The van der Waals surface area contributed by atoms with Crippen molar-refractivity contribution in [3.8, 4) is 0 Å². The number of fused-ring (bicyclic) bond motifs is 1. The van der Waals surface area contributed by atoms with Gasteiger partial charge in [0.2, 0.25) is 17.7 Å². The average Bonchev–Trinajstić information content (AvgIpc) is 2.97. The van der Waals surface area contributed by atoms with E-state index in [-0.39, 0.29) is 30.7 Å². The van der Waals surface area contributed by atoms with Crippen LogP contribution in [0.15, 0.2) is 18.2 Å². The van der Waals surface area contributed by atoms with Crippen molar-refractivity contribution in [3.05, 3.63) is 29.3 Å². The number of nitrogens with zero attached hydrogens (tertiary/aromatic N) is 1. The van der Waals surface area contributed by atoms with E-state index < -0.39 is 11.9 Å². The van der Waals surface area contributed by atoms with Crippen LogP contribution in [0.3, 0.4) is 0 Å². The minimum absolute atomic E-state index is 0.0788. The summed E-state index contributed by atoms with van der Waals surface area (Å²) in [6, 6.07) is 4.55. The number of alkyl halides is 1. The van der Waals surface area contributed by atoms with Crippen molar-refractivity contribution in [2.75, 3.05) is 10.6 Å². The molecule has 2 aliphatic rings. The summed E-state index contributed by atoms with van der Waals surface area (Å²) >= 11 is 3.37. The summed E-state index contributed by atoms with van der Waals surface area (Å²) in [7, 11) is 0. The van der Waals surface area contributed by atoms with E-state index in [9.17, 15) is 19.2 Å². The third kappa shape index (κ3) is 4.37. The fourth-order valence-corrected chi connectivity index (χ4v) is 3.87. The molecule has 0 aliphatic carbocycles. The first-order valence-electron chi connectivity index (χ1n) is 9.13. The van der Waals surface area contributed by atoms with Gasteiger partial charge in [0.15, 0.2) is 0 Å². The molecule has 2 N–H and O–H groups in total. The van der Waals surface area contributed by atoms with Gasteiger partial charge in [-0.15, -0.1) is 0 Å². The van der Waals surface area contributed by atoms with Crippen molar-refractivity contribution < 1.29 is 19.2 Å². The molecule has 1 atom stereocenters. The molecule has 0 radical (unpaired) electrons. The summed E-state index contributed by atoms with van der Waals surface area (Å²) in [6.07, 6.45) is 3.79.